The van der Waals surface area contributed by atoms with Crippen LogP contribution in [0.25, 0.3) is 11.1 Å². The summed E-state index contributed by atoms with van der Waals surface area (Å²) < 4.78 is 40.1. The normalized spacial score (nSPS) is 11.4. The third-order valence-electron chi connectivity index (χ3n) is 3.67. The number of aromatic nitrogens is 1. The van der Waals surface area contributed by atoms with Crippen LogP contribution < -0.4 is 4.72 Å². The molecule has 0 spiro atoms. The summed E-state index contributed by atoms with van der Waals surface area (Å²) in [6, 6.07) is 12.9. The van der Waals surface area contributed by atoms with E-state index >= 15 is 0 Å². The van der Waals surface area contributed by atoms with Gasteiger partial charge < -0.3 is 0 Å². The molecule has 0 saturated heterocycles. The van der Waals surface area contributed by atoms with Gasteiger partial charge in [-0.1, -0.05) is 23.2 Å². The highest BCUT2D eigenvalue weighted by Gasteiger charge is 2.16. The Morgan fingerprint density at radius 3 is 2.31 bits per heavy atom. The maximum atomic E-state index is 13.0. The first-order valence-electron chi connectivity index (χ1n) is 7.48. The lowest BCUT2D eigenvalue weighted by Gasteiger charge is -2.12. The molecule has 0 aliphatic heterocycles. The fourth-order valence-electron chi connectivity index (χ4n) is 2.42. The van der Waals surface area contributed by atoms with Crippen molar-refractivity contribution in [3.8, 4) is 11.1 Å². The number of hydrogen-bond acceptors (Lipinski definition) is 3. The molecular formula is C18H13Cl2FN2O2S. The standard InChI is InChI=1S/C18H13Cl2FN2O2S/c1-11-15(16-10-12(19)2-8-17(16)20)7-9-18(22-11)23-26(24,25)14-5-3-13(21)4-6-14/h2-10H,1H3,(H,22,23). The number of aryl methyl sites for hydroxylation is 1. The lowest BCUT2D eigenvalue weighted by molar-refractivity contribution is 0.599. The molecule has 0 radical (unpaired) electrons. The Balaban J connectivity index is 1.93. The minimum Gasteiger partial charge on any atom is -0.263 e. The molecule has 0 amide bonds. The van der Waals surface area contributed by atoms with Crippen molar-refractivity contribution in [2.24, 2.45) is 0 Å². The van der Waals surface area contributed by atoms with Crippen molar-refractivity contribution in [2.75, 3.05) is 4.72 Å². The zero-order chi connectivity index (χ0) is 18.9. The number of rotatable bonds is 4. The predicted molar refractivity (Wildman–Crippen MR) is 102 cm³/mol. The van der Waals surface area contributed by atoms with Crippen molar-refractivity contribution in [1.29, 1.82) is 0 Å². The summed E-state index contributed by atoms with van der Waals surface area (Å²) in [6.07, 6.45) is 0. The number of halogens is 3. The van der Waals surface area contributed by atoms with Crippen LogP contribution in [0.2, 0.25) is 10.0 Å². The summed E-state index contributed by atoms with van der Waals surface area (Å²) in [6.45, 7) is 1.74. The molecule has 1 heterocycles. The Kier molecular flexibility index (Phi) is 5.18. The zero-order valence-corrected chi connectivity index (χ0v) is 15.8. The summed E-state index contributed by atoms with van der Waals surface area (Å²) in [5.74, 6) is -0.366. The highest BCUT2D eigenvalue weighted by Crippen LogP contribution is 2.32. The van der Waals surface area contributed by atoms with Gasteiger partial charge in [-0.15, -0.1) is 0 Å². The topological polar surface area (TPSA) is 59.1 Å². The van der Waals surface area contributed by atoms with Gasteiger partial charge in [0.2, 0.25) is 0 Å². The van der Waals surface area contributed by atoms with E-state index in [1.165, 1.54) is 18.2 Å². The number of nitrogens with zero attached hydrogens (tertiary/aromatic N) is 1. The van der Waals surface area contributed by atoms with Gasteiger partial charge in [0, 0.05) is 26.9 Å². The van der Waals surface area contributed by atoms with Gasteiger partial charge in [0.1, 0.15) is 11.6 Å². The number of pyridine rings is 1. The molecule has 1 N–H and O–H groups in total. The van der Waals surface area contributed by atoms with Crippen LogP contribution in [0, 0.1) is 12.7 Å². The second kappa shape index (κ2) is 7.23. The van der Waals surface area contributed by atoms with Crippen LogP contribution in [0.5, 0.6) is 0 Å². The van der Waals surface area contributed by atoms with Gasteiger partial charge >= 0.3 is 0 Å². The molecule has 4 nitrogen and oxygen atoms in total. The van der Waals surface area contributed by atoms with E-state index < -0.39 is 15.8 Å². The first-order valence-corrected chi connectivity index (χ1v) is 9.71. The van der Waals surface area contributed by atoms with Crippen molar-refractivity contribution in [3.63, 3.8) is 0 Å². The summed E-state index contributed by atoms with van der Waals surface area (Å²) in [4.78, 5) is 4.23. The molecule has 1 aromatic heterocycles. The van der Waals surface area contributed by atoms with Crippen molar-refractivity contribution in [2.45, 2.75) is 11.8 Å². The molecule has 0 atom stereocenters. The van der Waals surface area contributed by atoms with E-state index in [0.717, 1.165) is 17.7 Å². The van der Waals surface area contributed by atoms with E-state index in [0.29, 0.717) is 21.3 Å². The molecule has 3 aromatic rings. The molecule has 3 rings (SSSR count). The molecule has 8 heteroatoms. The maximum absolute atomic E-state index is 13.0. The second-order valence-corrected chi connectivity index (χ2v) is 8.04. The summed E-state index contributed by atoms with van der Waals surface area (Å²) in [7, 11) is -3.87. The molecule has 0 saturated carbocycles. The molecule has 26 heavy (non-hydrogen) atoms. The summed E-state index contributed by atoms with van der Waals surface area (Å²) in [5, 5.41) is 1.05. The Morgan fingerprint density at radius 2 is 1.65 bits per heavy atom. The minimum atomic E-state index is -3.87. The van der Waals surface area contributed by atoms with E-state index in [4.69, 9.17) is 23.2 Å². The molecular weight excluding hydrogens is 398 g/mol. The lowest BCUT2D eigenvalue weighted by atomic mass is 10.0. The van der Waals surface area contributed by atoms with Crippen LogP contribution in [0.1, 0.15) is 5.69 Å². The number of nitrogens with one attached hydrogen (secondary N) is 1. The lowest BCUT2D eigenvalue weighted by Crippen LogP contribution is -2.14. The van der Waals surface area contributed by atoms with E-state index in [2.05, 4.69) is 9.71 Å². The van der Waals surface area contributed by atoms with Crippen LogP contribution in [0.3, 0.4) is 0 Å². The van der Waals surface area contributed by atoms with Gasteiger partial charge in [-0.2, -0.15) is 0 Å². The average Bonchev–Trinajstić information content (AvgIpc) is 2.57. The smallest absolute Gasteiger partial charge is 0.263 e. The second-order valence-electron chi connectivity index (χ2n) is 5.51. The average molecular weight is 411 g/mol. The van der Waals surface area contributed by atoms with Crippen LogP contribution in [-0.4, -0.2) is 13.4 Å². The van der Waals surface area contributed by atoms with Gasteiger partial charge in [0.25, 0.3) is 10.0 Å². The fourth-order valence-corrected chi connectivity index (χ4v) is 3.81. The highest BCUT2D eigenvalue weighted by atomic mass is 35.5. The summed E-state index contributed by atoms with van der Waals surface area (Å²) in [5.41, 5.74) is 2.02. The molecule has 0 unspecified atom stereocenters. The third kappa shape index (κ3) is 3.98. The first-order chi connectivity index (χ1) is 12.3. The Hall–Kier alpha value is -2.15. The molecule has 2 aromatic carbocycles. The van der Waals surface area contributed by atoms with E-state index in [-0.39, 0.29) is 10.7 Å². The Labute approximate surface area is 160 Å². The zero-order valence-electron chi connectivity index (χ0n) is 13.5. The summed E-state index contributed by atoms with van der Waals surface area (Å²) >= 11 is 12.2. The molecule has 0 fully saturated rings. The number of benzene rings is 2. The molecule has 134 valence electrons. The van der Waals surface area contributed by atoms with Gasteiger partial charge in [-0.25, -0.2) is 17.8 Å². The largest absolute Gasteiger partial charge is 0.263 e. The van der Waals surface area contributed by atoms with Gasteiger partial charge in [0.05, 0.1) is 4.90 Å². The highest BCUT2D eigenvalue weighted by molar-refractivity contribution is 7.92. The van der Waals surface area contributed by atoms with Crippen molar-refractivity contribution >= 4 is 39.0 Å². The van der Waals surface area contributed by atoms with Crippen molar-refractivity contribution < 1.29 is 12.8 Å². The van der Waals surface area contributed by atoms with E-state index in [1.807, 2.05) is 0 Å². The van der Waals surface area contributed by atoms with Gasteiger partial charge in [0.15, 0.2) is 0 Å². The van der Waals surface area contributed by atoms with Gasteiger partial charge in [-0.3, -0.25) is 4.72 Å². The first kappa shape index (κ1) is 18.6. The van der Waals surface area contributed by atoms with E-state index in [9.17, 15) is 12.8 Å². The van der Waals surface area contributed by atoms with Crippen LogP contribution in [0.15, 0.2) is 59.5 Å². The fraction of sp³-hybridized carbons (Fsp3) is 0.0556. The van der Waals surface area contributed by atoms with Crippen molar-refractivity contribution in [3.05, 3.63) is 76.2 Å². The van der Waals surface area contributed by atoms with Gasteiger partial charge in [-0.05, 0) is 61.5 Å². The maximum Gasteiger partial charge on any atom is 0.263 e. The monoisotopic (exact) mass is 410 g/mol. The number of sulfonamides is 1. The van der Waals surface area contributed by atoms with Crippen LogP contribution in [0.4, 0.5) is 10.2 Å². The SMILES string of the molecule is Cc1nc(NS(=O)(=O)c2ccc(F)cc2)ccc1-c1cc(Cl)ccc1Cl. The number of hydrogen-bond donors (Lipinski definition) is 1. The third-order valence-corrected chi connectivity index (χ3v) is 5.60. The molecule has 0 aliphatic carbocycles. The Bertz CT molecular complexity index is 1070. The van der Waals surface area contributed by atoms with Crippen LogP contribution >= 0.6 is 23.2 Å². The minimum absolute atomic E-state index is 0.0553. The molecule has 0 bridgehead atoms. The van der Waals surface area contributed by atoms with Crippen molar-refractivity contribution in [1.82, 2.24) is 4.98 Å². The number of anilines is 1. The predicted octanol–water partition coefficient (Wildman–Crippen LogP) is 5.30. The molecule has 0 aliphatic rings. The Morgan fingerprint density at radius 1 is 0.962 bits per heavy atom. The van der Waals surface area contributed by atoms with E-state index in [1.54, 1.807) is 31.2 Å². The van der Waals surface area contributed by atoms with Crippen LogP contribution in [-0.2, 0) is 10.0 Å². The quantitative estimate of drug-likeness (QED) is 0.634.